The van der Waals surface area contributed by atoms with Crippen LogP contribution in [0.1, 0.15) is 25.0 Å². The molecule has 0 amide bonds. The third-order valence-electron chi connectivity index (χ3n) is 9.35. The lowest BCUT2D eigenvalue weighted by Gasteiger charge is -2.46. The van der Waals surface area contributed by atoms with Gasteiger partial charge in [-0.1, -0.05) is 84.9 Å². The van der Waals surface area contributed by atoms with Crippen molar-refractivity contribution in [3.8, 4) is 45.5 Å². The zero-order chi connectivity index (χ0) is 30.1. The Balaban J connectivity index is 1.36. The largest absolute Gasteiger partial charge is 0.497 e. The van der Waals surface area contributed by atoms with E-state index in [0.29, 0.717) is 5.89 Å². The first-order valence-corrected chi connectivity index (χ1v) is 14.9. The number of aromatic nitrogens is 1. The topological polar surface area (TPSA) is 47.7 Å². The molecule has 0 saturated carbocycles. The fourth-order valence-corrected chi connectivity index (χ4v) is 6.93. The Kier molecular flexibility index (Phi) is 5.76. The lowest BCUT2D eigenvalue weighted by atomic mass is 9.76. The molecular formula is C39H32N2O3. The number of methoxy groups -OCH3 is 1. The monoisotopic (exact) mass is 576 g/mol. The lowest BCUT2D eigenvalue weighted by Crippen LogP contribution is -2.58. The Morgan fingerprint density at radius 3 is 2.25 bits per heavy atom. The van der Waals surface area contributed by atoms with Crippen LogP contribution in [0.15, 0.2) is 120 Å². The molecule has 1 unspecified atom stereocenters. The number of hydrogen-bond acceptors (Lipinski definition) is 5. The van der Waals surface area contributed by atoms with E-state index < -0.39 is 11.1 Å². The molecule has 0 bridgehead atoms. The number of oxazole rings is 1. The lowest BCUT2D eigenvalue weighted by molar-refractivity contribution is 0.0588. The summed E-state index contributed by atoms with van der Waals surface area (Å²) in [5.41, 5.74) is 5.68. The number of fused-ring (bicyclic) bond motifs is 4. The van der Waals surface area contributed by atoms with Crippen molar-refractivity contribution >= 4 is 22.5 Å². The summed E-state index contributed by atoms with van der Waals surface area (Å²) >= 11 is 0. The van der Waals surface area contributed by atoms with Crippen LogP contribution in [0.2, 0.25) is 0 Å². The first-order valence-electron chi connectivity index (χ1n) is 14.9. The fourth-order valence-electron chi connectivity index (χ4n) is 6.93. The molecule has 8 rings (SSSR count). The van der Waals surface area contributed by atoms with Gasteiger partial charge in [-0.15, -0.1) is 0 Å². The third kappa shape index (κ3) is 3.69. The standard InChI is InChI=1S/C39H32N2O3/c1-38(2)32-24-28(42-4)19-20-33(32)41(3)39(38)22-21-30-29-18-12-11-17-27(29)23-31(36(30)44-39)37-40-34(25-13-7-5-8-14-25)35(43-37)26-15-9-6-10-16-26/h5-24H,1-4H3. The number of ether oxygens (including phenoxy) is 2. The van der Waals surface area contributed by atoms with Crippen LogP contribution in [-0.2, 0) is 5.41 Å². The zero-order valence-electron chi connectivity index (χ0n) is 25.2. The van der Waals surface area contributed by atoms with Gasteiger partial charge in [-0.05, 0) is 66.6 Å². The summed E-state index contributed by atoms with van der Waals surface area (Å²) < 4.78 is 19.7. The van der Waals surface area contributed by atoms with Gasteiger partial charge < -0.3 is 18.8 Å². The summed E-state index contributed by atoms with van der Waals surface area (Å²) in [6, 6.07) is 37.2. The highest BCUT2D eigenvalue weighted by atomic mass is 16.5. The average Bonchev–Trinajstić information content (AvgIpc) is 3.58. The van der Waals surface area contributed by atoms with E-state index in [4.69, 9.17) is 18.9 Å². The molecular weight excluding hydrogens is 544 g/mol. The summed E-state index contributed by atoms with van der Waals surface area (Å²) in [6.45, 7) is 4.47. The highest BCUT2D eigenvalue weighted by molar-refractivity contribution is 5.99. The number of benzene rings is 5. The van der Waals surface area contributed by atoms with Crippen LogP contribution >= 0.6 is 0 Å². The summed E-state index contributed by atoms with van der Waals surface area (Å²) in [6.07, 6.45) is 4.42. The molecule has 0 saturated heterocycles. The molecule has 1 atom stereocenters. The Morgan fingerprint density at radius 2 is 1.50 bits per heavy atom. The van der Waals surface area contributed by atoms with E-state index in [1.54, 1.807) is 7.11 Å². The number of rotatable bonds is 4. The van der Waals surface area contributed by atoms with E-state index in [2.05, 4.69) is 105 Å². The molecule has 3 heterocycles. The molecule has 5 nitrogen and oxygen atoms in total. The molecule has 2 aliphatic rings. The van der Waals surface area contributed by atoms with E-state index in [0.717, 1.165) is 61.7 Å². The van der Waals surface area contributed by atoms with Gasteiger partial charge in [0.05, 0.1) is 18.1 Å². The molecule has 6 aromatic rings. The van der Waals surface area contributed by atoms with E-state index in [1.165, 1.54) is 5.56 Å². The number of likely N-dealkylation sites (N-methyl/N-ethyl adjacent to an activating group) is 1. The normalized spacial score (nSPS) is 17.9. The SMILES string of the molecule is COc1ccc2c(c1)C(C)(C)C1(C=Cc3c(c(-c4nc(-c5ccccc5)c(-c5ccccc5)o4)cc4ccccc34)O1)N2C. The second kappa shape index (κ2) is 9.61. The van der Waals surface area contributed by atoms with Crippen molar-refractivity contribution in [2.24, 2.45) is 0 Å². The predicted molar refractivity (Wildman–Crippen MR) is 177 cm³/mol. The number of anilines is 1. The summed E-state index contributed by atoms with van der Waals surface area (Å²) in [4.78, 5) is 7.41. The van der Waals surface area contributed by atoms with Crippen molar-refractivity contribution < 1.29 is 13.9 Å². The number of nitrogens with zero attached hydrogens (tertiary/aromatic N) is 2. The van der Waals surface area contributed by atoms with Gasteiger partial charge in [0.25, 0.3) is 0 Å². The molecule has 0 radical (unpaired) electrons. The van der Waals surface area contributed by atoms with Crippen molar-refractivity contribution in [3.05, 3.63) is 126 Å². The quantitative estimate of drug-likeness (QED) is 0.209. The average molecular weight is 577 g/mol. The van der Waals surface area contributed by atoms with Crippen LogP contribution in [0.4, 0.5) is 5.69 Å². The summed E-state index contributed by atoms with van der Waals surface area (Å²) in [7, 11) is 3.81. The van der Waals surface area contributed by atoms with Crippen molar-refractivity contribution in [3.63, 3.8) is 0 Å². The summed E-state index contributed by atoms with van der Waals surface area (Å²) in [5.74, 6) is 2.84. The zero-order valence-corrected chi connectivity index (χ0v) is 25.2. The van der Waals surface area contributed by atoms with Crippen LogP contribution in [0.5, 0.6) is 11.5 Å². The van der Waals surface area contributed by atoms with Crippen LogP contribution in [0.3, 0.4) is 0 Å². The van der Waals surface area contributed by atoms with Crippen molar-refractivity contribution in [2.45, 2.75) is 25.0 Å². The van der Waals surface area contributed by atoms with Gasteiger partial charge in [0.1, 0.15) is 17.2 Å². The Hall–Kier alpha value is -5.29. The fraction of sp³-hybridized carbons (Fsp3) is 0.154. The molecule has 44 heavy (non-hydrogen) atoms. The molecule has 0 fully saturated rings. The minimum atomic E-state index is -0.789. The minimum Gasteiger partial charge on any atom is -0.497 e. The molecule has 5 aromatic carbocycles. The summed E-state index contributed by atoms with van der Waals surface area (Å²) in [5, 5.41) is 2.21. The maximum absolute atomic E-state index is 7.32. The second-order valence-electron chi connectivity index (χ2n) is 12.0. The highest BCUT2D eigenvalue weighted by Crippen LogP contribution is 2.57. The smallest absolute Gasteiger partial charge is 0.231 e. The van der Waals surface area contributed by atoms with Gasteiger partial charge in [0.15, 0.2) is 5.76 Å². The van der Waals surface area contributed by atoms with Crippen LogP contribution < -0.4 is 14.4 Å². The third-order valence-corrected chi connectivity index (χ3v) is 9.35. The molecule has 2 aliphatic heterocycles. The van der Waals surface area contributed by atoms with E-state index in [1.807, 2.05) is 42.5 Å². The Bertz CT molecular complexity index is 2020. The highest BCUT2D eigenvalue weighted by Gasteiger charge is 2.58. The molecule has 1 aromatic heterocycles. The van der Waals surface area contributed by atoms with Crippen molar-refractivity contribution in [1.29, 1.82) is 0 Å². The van der Waals surface area contributed by atoms with Gasteiger partial charge in [0, 0.05) is 29.4 Å². The maximum atomic E-state index is 7.32. The first kappa shape index (κ1) is 26.3. The van der Waals surface area contributed by atoms with Gasteiger partial charge in [-0.3, -0.25) is 0 Å². The molecule has 0 aliphatic carbocycles. The number of hydrogen-bond donors (Lipinski definition) is 0. The second-order valence-corrected chi connectivity index (χ2v) is 12.0. The van der Waals surface area contributed by atoms with E-state index in [-0.39, 0.29) is 0 Å². The van der Waals surface area contributed by atoms with Gasteiger partial charge in [0.2, 0.25) is 11.6 Å². The Morgan fingerprint density at radius 1 is 0.795 bits per heavy atom. The van der Waals surface area contributed by atoms with Crippen LogP contribution in [0.25, 0.3) is 50.9 Å². The molecule has 216 valence electrons. The molecule has 5 heteroatoms. The minimum absolute atomic E-state index is 0.413. The van der Waals surface area contributed by atoms with E-state index in [9.17, 15) is 0 Å². The van der Waals surface area contributed by atoms with Crippen molar-refractivity contribution in [1.82, 2.24) is 4.98 Å². The van der Waals surface area contributed by atoms with Gasteiger partial charge in [-0.2, -0.15) is 0 Å². The van der Waals surface area contributed by atoms with Gasteiger partial charge >= 0.3 is 0 Å². The maximum Gasteiger partial charge on any atom is 0.231 e. The van der Waals surface area contributed by atoms with Gasteiger partial charge in [-0.25, -0.2) is 4.98 Å². The molecule has 1 spiro atoms. The van der Waals surface area contributed by atoms with Crippen LogP contribution in [0, 0.1) is 0 Å². The predicted octanol–water partition coefficient (Wildman–Crippen LogP) is 9.37. The molecule has 0 N–H and O–H groups in total. The van der Waals surface area contributed by atoms with Crippen molar-refractivity contribution in [2.75, 3.05) is 19.1 Å². The Labute approximate surface area is 257 Å². The van der Waals surface area contributed by atoms with Crippen LogP contribution in [-0.4, -0.2) is 24.9 Å². The first-order chi connectivity index (χ1) is 21.4. The van der Waals surface area contributed by atoms with E-state index >= 15 is 0 Å².